The Morgan fingerprint density at radius 3 is 2.32 bits per heavy atom. The van der Waals surface area contributed by atoms with Crippen molar-refractivity contribution in [2.45, 2.75) is 38.0 Å². The van der Waals surface area contributed by atoms with Gasteiger partial charge in [-0.2, -0.15) is 17.2 Å². The topological polar surface area (TPSA) is 71.1 Å². The van der Waals surface area contributed by atoms with Crippen LogP contribution in [-0.4, -0.2) is 15.5 Å². The monoisotopic (exact) mass is 396 g/mol. The van der Waals surface area contributed by atoms with Gasteiger partial charge in [0.15, 0.2) is 0 Å². The number of hydrogen-bond donors (Lipinski definition) is 0. The first-order valence-electron chi connectivity index (χ1n) is 7.58. The molecule has 1 aliphatic carbocycles. The molecule has 0 saturated heterocycles. The number of rotatable bonds is 8. The Labute approximate surface area is 149 Å². The zero-order chi connectivity index (χ0) is 18.3. The number of halogens is 2. The average Bonchev–Trinajstić information content (AvgIpc) is 2.59. The van der Waals surface area contributed by atoms with Crippen molar-refractivity contribution in [3.8, 4) is 5.75 Å². The second kappa shape index (κ2) is 9.48. The molecule has 0 atom stereocenters. The van der Waals surface area contributed by atoms with E-state index in [0.29, 0.717) is 5.92 Å². The molecule has 6 nitrogen and oxygen atoms in total. The predicted molar refractivity (Wildman–Crippen MR) is 87.8 cm³/mol. The number of hydrogen-bond acceptors (Lipinski definition) is 7. The fourth-order valence-electron chi connectivity index (χ4n) is 2.64. The van der Waals surface area contributed by atoms with Crippen molar-refractivity contribution in [1.82, 2.24) is 0 Å². The zero-order valence-electron chi connectivity index (χ0n) is 13.4. The van der Waals surface area contributed by atoms with E-state index in [-0.39, 0.29) is 17.8 Å². The first-order chi connectivity index (χ1) is 11.9. The first-order valence-corrected chi connectivity index (χ1v) is 9.72. The third kappa shape index (κ3) is 5.93. The molecule has 0 spiro atoms. The van der Waals surface area contributed by atoms with E-state index in [0.717, 1.165) is 25.5 Å². The smallest absolute Gasteiger partial charge is 0.353 e. The molecular weight excluding hydrogens is 378 g/mol. The summed E-state index contributed by atoms with van der Waals surface area (Å²) < 4.78 is 57.1. The summed E-state index contributed by atoms with van der Waals surface area (Å²) >= 11 is -0.224. The molecule has 1 aromatic carbocycles. The summed E-state index contributed by atoms with van der Waals surface area (Å²) in [6, 6.07) is 6.42. The second-order valence-electron chi connectivity index (χ2n) is 5.38. The summed E-state index contributed by atoms with van der Waals surface area (Å²) in [5.74, 6) is 0.375. The van der Waals surface area contributed by atoms with Gasteiger partial charge in [0, 0.05) is 0 Å². The summed E-state index contributed by atoms with van der Waals surface area (Å²) in [4.78, 5) is 4.03. The summed E-state index contributed by atoms with van der Waals surface area (Å²) in [5, 5.41) is 3.92. The van der Waals surface area contributed by atoms with Gasteiger partial charge in [0.2, 0.25) is 4.24 Å². The van der Waals surface area contributed by atoms with Crippen molar-refractivity contribution in [3.63, 3.8) is 0 Å². The summed E-state index contributed by atoms with van der Waals surface area (Å²) in [7, 11) is -3.70. The van der Waals surface area contributed by atoms with Crippen LogP contribution in [0.2, 0.25) is 0 Å². The Hall–Kier alpha value is -1.20. The van der Waals surface area contributed by atoms with Crippen LogP contribution in [0.5, 0.6) is 5.75 Å². The molecule has 0 heterocycles. The lowest BCUT2D eigenvalue weighted by Gasteiger charge is -2.22. The SMILES string of the molecule is COOOSC(=C(F)F)S(=O)(=O)Oc1ccc(C2CCCCC2)cc1. The fraction of sp³-hybridized carbons (Fsp3) is 0.467. The molecule has 2 rings (SSSR count). The largest absolute Gasteiger partial charge is 0.378 e. The molecule has 1 aliphatic rings. The maximum absolute atomic E-state index is 12.9. The lowest BCUT2D eigenvalue weighted by atomic mass is 9.84. The van der Waals surface area contributed by atoms with E-state index in [9.17, 15) is 17.2 Å². The molecule has 10 heteroatoms. The molecule has 0 aromatic heterocycles. The molecule has 25 heavy (non-hydrogen) atoms. The van der Waals surface area contributed by atoms with Crippen LogP contribution in [0, 0.1) is 0 Å². The lowest BCUT2D eigenvalue weighted by Crippen LogP contribution is -2.12. The van der Waals surface area contributed by atoms with Crippen LogP contribution in [-0.2, 0) is 24.4 Å². The molecule has 0 unspecified atom stereocenters. The highest BCUT2D eigenvalue weighted by atomic mass is 32.3. The molecule has 0 N–H and O–H groups in total. The Morgan fingerprint density at radius 1 is 1.12 bits per heavy atom. The van der Waals surface area contributed by atoms with Crippen LogP contribution < -0.4 is 4.18 Å². The van der Waals surface area contributed by atoms with Gasteiger partial charge in [-0.3, -0.25) is 0 Å². The van der Waals surface area contributed by atoms with Gasteiger partial charge in [0.1, 0.15) is 5.75 Å². The van der Waals surface area contributed by atoms with Gasteiger partial charge >= 0.3 is 16.2 Å². The zero-order valence-corrected chi connectivity index (χ0v) is 15.1. The lowest BCUT2D eigenvalue weighted by molar-refractivity contribution is -0.447. The molecule has 1 saturated carbocycles. The second-order valence-corrected chi connectivity index (χ2v) is 7.83. The maximum atomic E-state index is 12.9. The fourth-order valence-corrected chi connectivity index (χ4v) is 3.99. The van der Waals surface area contributed by atoms with Crippen molar-refractivity contribution < 1.29 is 35.6 Å². The van der Waals surface area contributed by atoms with Gasteiger partial charge in [-0.25, -0.2) is 4.89 Å². The predicted octanol–water partition coefficient (Wildman–Crippen LogP) is 4.67. The minimum Gasteiger partial charge on any atom is -0.378 e. The Morgan fingerprint density at radius 2 is 1.76 bits per heavy atom. The Kier molecular flexibility index (Phi) is 7.63. The van der Waals surface area contributed by atoms with Gasteiger partial charge in [-0.1, -0.05) is 36.4 Å². The highest BCUT2D eigenvalue weighted by Crippen LogP contribution is 2.34. The van der Waals surface area contributed by atoms with Gasteiger partial charge in [-0.15, -0.1) is 4.33 Å². The Bertz CT molecular complexity index is 680. The van der Waals surface area contributed by atoms with E-state index in [1.807, 2.05) is 0 Å². The standard InChI is InChI=1S/C15H18F2O6S2/c1-20-22-23-24-15(14(16)17)25(18,19)21-13-9-7-12(8-10-13)11-5-3-2-4-6-11/h7-11H,2-6H2,1H3. The normalized spacial score (nSPS) is 15.8. The average molecular weight is 396 g/mol. The molecule has 0 bridgehead atoms. The minimum atomic E-state index is -4.76. The van der Waals surface area contributed by atoms with E-state index in [2.05, 4.69) is 14.3 Å². The van der Waals surface area contributed by atoms with Crippen molar-refractivity contribution in [3.05, 3.63) is 40.1 Å². The molecule has 0 radical (unpaired) electrons. The Balaban J connectivity index is 2.07. The van der Waals surface area contributed by atoms with E-state index < -0.39 is 20.4 Å². The summed E-state index contributed by atoms with van der Waals surface area (Å²) in [5.41, 5.74) is 1.09. The van der Waals surface area contributed by atoms with Gasteiger partial charge in [0.05, 0.1) is 19.2 Å². The van der Waals surface area contributed by atoms with Crippen molar-refractivity contribution in [1.29, 1.82) is 0 Å². The first kappa shape index (κ1) is 20.1. The van der Waals surface area contributed by atoms with E-state index >= 15 is 0 Å². The molecular formula is C15H18F2O6S2. The number of benzene rings is 1. The molecule has 0 aliphatic heterocycles. The third-order valence-corrected chi connectivity index (χ3v) is 6.02. The molecule has 1 aromatic rings. The maximum Gasteiger partial charge on any atom is 0.353 e. The van der Waals surface area contributed by atoms with Crippen LogP contribution in [0.3, 0.4) is 0 Å². The molecule has 1 fully saturated rings. The van der Waals surface area contributed by atoms with Gasteiger partial charge in [0.25, 0.3) is 0 Å². The van der Waals surface area contributed by atoms with Crippen LogP contribution in [0.1, 0.15) is 43.6 Å². The van der Waals surface area contributed by atoms with Crippen molar-refractivity contribution in [2.24, 2.45) is 0 Å². The van der Waals surface area contributed by atoms with Crippen LogP contribution in [0.4, 0.5) is 8.78 Å². The van der Waals surface area contributed by atoms with E-state index in [1.54, 1.807) is 12.1 Å². The van der Waals surface area contributed by atoms with Crippen molar-refractivity contribution in [2.75, 3.05) is 7.11 Å². The molecule has 0 amide bonds. The van der Waals surface area contributed by atoms with Crippen LogP contribution in [0.15, 0.2) is 34.6 Å². The quantitative estimate of drug-likeness (QED) is 0.208. The molecule has 140 valence electrons. The highest BCUT2D eigenvalue weighted by Gasteiger charge is 2.29. The van der Waals surface area contributed by atoms with Gasteiger partial charge in [-0.05, 0) is 36.5 Å². The summed E-state index contributed by atoms with van der Waals surface area (Å²) in [6.45, 7) is 0. The summed E-state index contributed by atoms with van der Waals surface area (Å²) in [6.07, 6.45) is 3.26. The van der Waals surface area contributed by atoms with Gasteiger partial charge < -0.3 is 4.18 Å². The van der Waals surface area contributed by atoms with Crippen LogP contribution >= 0.6 is 12.0 Å². The van der Waals surface area contributed by atoms with Crippen LogP contribution in [0.25, 0.3) is 0 Å². The highest BCUT2D eigenvalue weighted by molar-refractivity contribution is 8.14. The minimum absolute atomic E-state index is 0.0634. The third-order valence-electron chi connectivity index (χ3n) is 3.75. The van der Waals surface area contributed by atoms with E-state index in [1.165, 1.54) is 31.4 Å². The van der Waals surface area contributed by atoms with Crippen molar-refractivity contribution >= 4 is 22.2 Å². The van der Waals surface area contributed by atoms with E-state index in [4.69, 9.17) is 4.18 Å².